The number of nitrogens with one attached hydrogen (secondary N) is 2. The summed E-state index contributed by atoms with van der Waals surface area (Å²) in [6.07, 6.45) is 2.26. The molecule has 24 heavy (non-hydrogen) atoms. The van der Waals surface area contributed by atoms with E-state index in [-0.39, 0.29) is 5.57 Å². The summed E-state index contributed by atoms with van der Waals surface area (Å²) in [6, 6.07) is 4.78. The highest BCUT2D eigenvalue weighted by molar-refractivity contribution is 7.92. The van der Waals surface area contributed by atoms with Crippen LogP contribution in [0.5, 0.6) is 0 Å². The van der Waals surface area contributed by atoms with E-state index >= 15 is 0 Å². The number of hydrogen-bond acceptors (Lipinski definition) is 7. The fraction of sp³-hybridized carbons (Fsp3) is 0.333. The molecule has 0 aliphatic carbocycles. The van der Waals surface area contributed by atoms with Gasteiger partial charge in [0, 0.05) is 31.4 Å². The predicted molar refractivity (Wildman–Crippen MR) is 87.6 cm³/mol. The van der Waals surface area contributed by atoms with Gasteiger partial charge < -0.3 is 14.8 Å². The standard InChI is InChI=1S/C15H18N2O6S/c1-9-7-10(17-24(4,20)21)5-6-12(9)16-8-11-13(18)22-15(2,3)23-14(11)19/h5-8,16-17H,1-4H3. The van der Waals surface area contributed by atoms with Crippen LogP contribution in [-0.2, 0) is 29.1 Å². The van der Waals surface area contributed by atoms with Crippen LogP contribution in [0.15, 0.2) is 30.0 Å². The van der Waals surface area contributed by atoms with Crippen molar-refractivity contribution >= 4 is 33.3 Å². The molecule has 130 valence electrons. The zero-order chi connectivity index (χ0) is 18.1. The van der Waals surface area contributed by atoms with Gasteiger partial charge in [0.1, 0.15) is 0 Å². The number of rotatable bonds is 4. The summed E-state index contributed by atoms with van der Waals surface area (Å²) in [7, 11) is -3.37. The van der Waals surface area contributed by atoms with Crippen LogP contribution < -0.4 is 10.0 Å². The van der Waals surface area contributed by atoms with Gasteiger partial charge >= 0.3 is 11.9 Å². The van der Waals surface area contributed by atoms with Crippen molar-refractivity contribution in [2.24, 2.45) is 0 Å². The van der Waals surface area contributed by atoms with Crippen LogP contribution in [0.1, 0.15) is 19.4 Å². The van der Waals surface area contributed by atoms with E-state index in [1.54, 1.807) is 25.1 Å². The molecule has 1 aliphatic rings. The Morgan fingerprint density at radius 2 is 1.71 bits per heavy atom. The maximum atomic E-state index is 11.8. The molecular formula is C15H18N2O6S. The van der Waals surface area contributed by atoms with Crippen LogP contribution in [0.4, 0.5) is 11.4 Å². The average Bonchev–Trinajstić information content (AvgIpc) is 2.36. The van der Waals surface area contributed by atoms with Gasteiger partial charge in [0.25, 0.3) is 5.79 Å². The highest BCUT2D eigenvalue weighted by Crippen LogP contribution is 2.24. The molecule has 1 heterocycles. The Bertz CT molecular complexity index is 804. The molecule has 0 amide bonds. The Hall–Kier alpha value is -2.55. The van der Waals surface area contributed by atoms with E-state index in [1.807, 2.05) is 0 Å². The third-order valence-corrected chi connectivity index (χ3v) is 3.62. The quantitative estimate of drug-likeness (QED) is 0.479. The van der Waals surface area contributed by atoms with Crippen molar-refractivity contribution in [2.75, 3.05) is 16.3 Å². The van der Waals surface area contributed by atoms with E-state index in [0.29, 0.717) is 16.9 Å². The molecule has 1 aliphatic heterocycles. The van der Waals surface area contributed by atoms with Crippen molar-refractivity contribution < 1.29 is 27.5 Å². The molecule has 8 nitrogen and oxygen atoms in total. The first-order valence-corrected chi connectivity index (χ1v) is 8.88. The summed E-state index contributed by atoms with van der Waals surface area (Å²) >= 11 is 0. The normalized spacial score (nSPS) is 16.9. The number of esters is 2. The molecule has 0 saturated carbocycles. The van der Waals surface area contributed by atoms with Crippen molar-refractivity contribution in [2.45, 2.75) is 26.6 Å². The molecule has 1 fully saturated rings. The first-order valence-electron chi connectivity index (χ1n) is 6.99. The maximum Gasteiger partial charge on any atom is 0.350 e. The first kappa shape index (κ1) is 17.8. The molecule has 0 unspecified atom stereocenters. The van der Waals surface area contributed by atoms with Gasteiger partial charge in [0.15, 0.2) is 5.57 Å². The third-order valence-electron chi connectivity index (χ3n) is 3.02. The van der Waals surface area contributed by atoms with E-state index in [1.165, 1.54) is 20.0 Å². The van der Waals surface area contributed by atoms with Gasteiger partial charge in [-0.05, 0) is 30.7 Å². The number of aryl methyl sites for hydroxylation is 1. The minimum Gasteiger partial charge on any atom is -0.419 e. The number of cyclic esters (lactones) is 2. The highest BCUT2D eigenvalue weighted by atomic mass is 32.2. The molecule has 1 aromatic rings. The Labute approximate surface area is 139 Å². The van der Waals surface area contributed by atoms with Gasteiger partial charge in [-0.25, -0.2) is 18.0 Å². The summed E-state index contributed by atoms with van der Waals surface area (Å²) in [5.41, 5.74) is 1.45. The van der Waals surface area contributed by atoms with Crippen LogP contribution in [0, 0.1) is 6.92 Å². The van der Waals surface area contributed by atoms with Gasteiger partial charge in [-0.2, -0.15) is 0 Å². The van der Waals surface area contributed by atoms with Crippen LogP contribution in [-0.4, -0.2) is 32.4 Å². The summed E-state index contributed by atoms with van der Waals surface area (Å²) in [5.74, 6) is -2.85. The molecule has 1 aromatic carbocycles. The highest BCUT2D eigenvalue weighted by Gasteiger charge is 2.38. The largest absolute Gasteiger partial charge is 0.419 e. The number of benzene rings is 1. The lowest BCUT2D eigenvalue weighted by molar-refractivity contribution is -0.222. The summed E-state index contributed by atoms with van der Waals surface area (Å²) in [5, 5.41) is 2.82. The second kappa shape index (κ2) is 6.16. The molecule has 2 rings (SSSR count). The minimum atomic E-state index is -3.37. The van der Waals surface area contributed by atoms with Crippen molar-refractivity contribution in [1.29, 1.82) is 0 Å². The maximum absolute atomic E-state index is 11.8. The first-order chi connectivity index (χ1) is 11.0. The fourth-order valence-electron chi connectivity index (χ4n) is 2.03. The summed E-state index contributed by atoms with van der Waals surface area (Å²) in [6.45, 7) is 4.67. The lowest BCUT2D eigenvalue weighted by Crippen LogP contribution is -2.42. The number of carbonyl (C=O) groups excluding carboxylic acids is 2. The second-order valence-corrected chi connectivity index (χ2v) is 7.53. The lowest BCUT2D eigenvalue weighted by Gasteiger charge is -2.29. The molecule has 0 aromatic heterocycles. The molecular weight excluding hydrogens is 336 g/mol. The van der Waals surface area contributed by atoms with E-state index in [0.717, 1.165) is 6.26 Å². The fourth-order valence-corrected chi connectivity index (χ4v) is 2.59. The van der Waals surface area contributed by atoms with Gasteiger partial charge in [0.2, 0.25) is 10.0 Å². The molecule has 1 saturated heterocycles. The van der Waals surface area contributed by atoms with Crippen molar-refractivity contribution in [3.63, 3.8) is 0 Å². The van der Waals surface area contributed by atoms with E-state index in [9.17, 15) is 18.0 Å². The molecule has 9 heteroatoms. The SMILES string of the molecule is Cc1cc(NS(C)(=O)=O)ccc1NC=C1C(=O)OC(C)(C)OC1=O. The summed E-state index contributed by atoms with van der Waals surface area (Å²) < 4.78 is 34.8. The van der Waals surface area contributed by atoms with Gasteiger partial charge in [-0.1, -0.05) is 0 Å². The van der Waals surface area contributed by atoms with Crippen LogP contribution in [0.2, 0.25) is 0 Å². The number of sulfonamides is 1. The molecule has 0 atom stereocenters. The Balaban J connectivity index is 2.17. The number of carbonyl (C=O) groups is 2. The molecule has 0 spiro atoms. The monoisotopic (exact) mass is 354 g/mol. The Morgan fingerprint density at radius 3 is 2.21 bits per heavy atom. The van der Waals surface area contributed by atoms with Crippen LogP contribution in [0.25, 0.3) is 0 Å². The second-order valence-electron chi connectivity index (χ2n) is 5.79. The average molecular weight is 354 g/mol. The minimum absolute atomic E-state index is 0.257. The zero-order valence-corrected chi connectivity index (χ0v) is 14.5. The molecule has 0 radical (unpaired) electrons. The topological polar surface area (TPSA) is 111 Å². The summed E-state index contributed by atoms with van der Waals surface area (Å²) in [4.78, 5) is 23.7. The van der Waals surface area contributed by atoms with Crippen LogP contribution >= 0.6 is 0 Å². The van der Waals surface area contributed by atoms with Crippen molar-refractivity contribution in [1.82, 2.24) is 0 Å². The third kappa shape index (κ3) is 4.48. The lowest BCUT2D eigenvalue weighted by atomic mass is 10.1. The van der Waals surface area contributed by atoms with Gasteiger partial charge in [-0.3, -0.25) is 4.72 Å². The number of hydrogen-bond donors (Lipinski definition) is 2. The van der Waals surface area contributed by atoms with Crippen LogP contribution in [0.3, 0.4) is 0 Å². The van der Waals surface area contributed by atoms with Gasteiger partial charge in [-0.15, -0.1) is 0 Å². The van der Waals surface area contributed by atoms with Gasteiger partial charge in [0.05, 0.1) is 6.26 Å². The Morgan fingerprint density at radius 1 is 1.12 bits per heavy atom. The van der Waals surface area contributed by atoms with E-state index in [2.05, 4.69) is 10.0 Å². The zero-order valence-electron chi connectivity index (χ0n) is 13.7. The van der Waals surface area contributed by atoms with Crippen molar-refractivity contribution in [3.8, 4) is 0 Å². The number of ether oxygens (including phenoxy) is 2. The molecule has 2 N–H and O–H groups in total. The predicted octanol–water partition coefficient (Wildman–Crippen LogP) is 1.50. The van der Waals surface area contributed by atoms with Crippen molar-refractivity contribution in [3.05, 3.63) is 35.5 Å². The Kier molecular flexibility index (Phi) is 4.57. The molecule has 0 bridgehead atoms. The smallest absolute Gasteiger partial charge is 0.350 e. The number of anilines is 2. The van der Waals surface area contributed by atoms with E-state index < -0.39 is 27.7 Å². The van der Waals surface area contributed by atoms with E-state index in [4.69, 9.17) is 9.47 Å².